The van der Waals surface area contributed by atoms with Gasteiger partial charge in [-0.1, -0.05) is 85.8 Å². The Labute approximate surface area is 150 Å². The van der Waals surface area contributed by atoms with Gasteiger partial charge in [0.05, 0.1) is 0 Å². The number of nitrogens with one attached hydrogen (secondary N) is 1. The number of hydrogen-bond donors (Lipinski definition) is 2. The van der Waals surface area contributed by atoms with Crippen molar-refractivity contribution < 1.29 is 5.11 Å². The Balaban J connectivity index is 1.86. The predicted octanol–water partition coefficient (Wildman–Crippen LogP) is 5.34. The fourth-order valence-corrected chi connectivity index (χ4v) is 3.28. The molecule has 2 atom stereocenters. The van der Waals surface area contributed by atoms with Crippen LogP contribution >= 0.6 is 0 Å². The van der Waals surface area contributed by atoms with Gasteiger partial charge in [0.15, 0.2) is 0 Å². The van der Waals surface area contributed by atoms with Gasteiger partial charge in [0, 0.05) is 24.1 Å². The molecular weight excluding hydrogens is 306 g/mol. The third-order valence-electron chi connectivity index (χ3n) is 4.82. The van der Waals surface area contributed by atoms with E-state index in [0.29, 0.717) is 18.2 Å². The normalized spacial score (nSPS) is 13.4. The van der Waals surface area contributed by atoms with Crippen LogP contribution in [0.25, 0.3) is 0 Å². The second-order valence-corrected chi connectivity index (χ2v) is 6.55. The summed E-state index contributed by atoms with van der Waals surface area (Å²) in [6, 6.07) is 27.1. The van der Waals surface area contributed by atoms with Crippen molar-refractivity contribution in [2.24, 2.45) is 0 Å². The highest BCUT2D eigenvalue weighted by Crippen LogP contribution is 2.31. The molecule has 0 radical (unpaired) electrons. The lowest BCUT2D eigenvalue weighted by Gasteiger charge is -2.26. The van der Waals surface area contributed by atoms with Crippen LogP contribution in [0.15, 0.2) is 78.9 Å². The van der Waals surface area contributed by atoms with E-state index in [4.69, 9.17) is 0 Å². The minimum atomic E-state index is 0.170. The Morgan fingerprint density at radius 2 is 1.40 bits per heavy atom. The van der Waals surface area contributed by atoms with Gasteiger partial charge in [-0.25, -0.2) is 0 Å². The van der Waals surface area contributed by atoms with E-state index in [1.165, 1.54) is 11.1 Å². The summed E-state index contributed by atoms with van der Waals surface area (Å²) in [5, 5.41) is 14.0. The van der Waals surface area contributed by atoms with Gasteiger partial charge in [0.25, 0.3) is 0 Å². The Hall–Kier alpha value is -2.58. The summed E-state index contributed by atoms with van der Waals surface area (Å²) in [5.41, 5.74) is 4.40. The molecular formula is C23H25NO. The smallest absolute Gasteiger partial charge is 0.122 e. The van der Waals surface area contributed by atoms with Crippen LogP contribution in [-0.2, 0) is 6.54 Å². The van der Waals surface area contributed by atoms with E-state index in [0.717, 1.165) is 11.1 Å². The van der Waals surface area contributed by atoms with Crippen molar-refractivity contribution >= 4 is 0 Å². The first-order chi connectivity index (χ1) is 12.2. The Bertz CT molecular complexity index is 799. The zero-order valence-corrected chi connectivity index (χ0v) is 14.8. The molecule has 2 nitrogen and oxygen atoms in total. The topological polar surface area (TPSA) is 32.3 Å². The highest BCUT2D eigenvalue weighted by atomic mass is 16.3. The van der Waals surface area contributed by atoms with E-state index in [1.807, 2.05) is 37.3 Å². The van der Waals surface area contributed by atoms with Crippen LogP contribution in [0.3, 0.4) is 0 Å². The average Bonchev–Trinajstić information content (AvgIpc) is 2.66. The van der Waals surface area contributed by atoms with Gasteiger partial charge in [-0.15, -0.1) is 0 Å². The second-order valence-electron chi connectivity index (χ2n) is 6.55. The van der Waals surface area contributed by atoms with Gasteiger partial charge in [0.1, 0.15) is 5.75 Å². The van der Waals surface area contributed by atoms with Crippen molar-refractivity contribution in [1.29, 1.82) is 0 Å². The fraction of sp³-hybridized carbons (Fsp3) is 0.217. The maximum Gasteiger partial charge on any atom is 0.122 e. The molecule has 0 saturated heterocycles. The summed E-state index contributed by atoms with van der Waals surface area (Å²) < 4.78 is 0. The lowest BCUT2D eigenvalue weighted by Crippen LogP contribution is -2.25. The third-order valence-corrected chi connectivity index (χ3v) is 4.82. The number of aryl methyl sites for hydroxylation is 1. The van der Waals surface area contributed by atoms with Gasteiger partial charge in [-0.3, -0.25) is 0 Å². The molecule has 2 unspecified atom stereocenters. The largest absolute Gasteiger partial charge is 0.507 e. The highest BCUT2D eigenvalue weighted by molar-refractivity contribution is 5.39. The van der Waals surface area contributed by atoms with Gasteiger partial charge >= 0.3 is 0 Å². The van der Waals surface area contributed by atoms with Crippen LogP contribution in [-0.4, -0.2) is 5.11 Å². The molecule has 0 saturated carbocycles. The number of phenols is 1. The summed E-state index contributed by atoms with van der Waals surface area (Å²) in [5.74, 6) is 0.699. The number of para-hydroxylation sites is 1. The van der Waals surface area contributed by atoms with Gasteiger partial charge in [-0.2, -0.15) is 0 Å². The molecule has 3 rings (SSSR count). The van der Waals surface area contributed by atoms with Crippen molar-refractivity contribution in [1.82, 2.24) is 5.32 Å². The molecule has 0 heterocycles. The predicted molar refractivity (Wildman–Crippen MR) is 104 cm³/mol. The summed E-state index contributed by atoms with van der Waals surface area (Å²) in [6.07, 6.45) is 0. The zero-order valence-electron chi connectivity index (χ0n) is 14.8. The van der Waals surface area contributed by atoms with E-state index in [1.54, 1.807) is 0 Å². The molecule has 2 heteroatoms. The summed E-state index contributed by atoms with van der Waals surface area (Å²) in [6.45, 7) is 4.81. The molecule has 0 aliphatic carbocycles. The summed E-state index contributed by atoms with van der Waals surface area (Å²) >= 11 is 0. The lowest BCUT2D eigenvalue weighted by molar-refractivity contribution is 0.437. The number of hydrogen-bond acceptors (Lipinski definition) is 2. The molecule has 0 spiro atoms. The second kappa shape index (κ2) is 8.00. The molecule has 3 aromatic rings. The van der Waals surface area contributed by atoms with Gasteiger partial charge in [-0.05, 0) is 23.6 Å². The van der Waals surface area contributed by atoms with Gasteiger partial charge < -0.3 is 10.4 Å². The van der Waals surface area contributed by atoms with Crippen molar-refractivity contribution in [3.8, 4) is 5.75 Å². The van der Waals surface area contributed by atoms with E-state index in [-0.39, 0.29) is 6.04 Å². The Morgan fingerprint density at radius 3 is 2.04 bits per heavy atom. The molecule has 0 amide bonds. The average molecular weight is 331 g/mol. The zero-order chi connectivity index (χ0) is 17.6. The third kappa shape index (κ3) is 4.09. The Morgan fingerprint density at radius 1 is 0.800 bits per heavy atom. The SMILES string of the molecule is Cc1cccc(CNC(c2ccccc2)C(C)c2ccccc2)c1O. The minimum Gasteiger partial charge on any atom is -0.507 e. The van der Waals surface area contributed by atoms with E-state index < -0.39 is 0 Å². The minimum absolute atomic E-state index is 0.170. The van der Waals surface area contributed by atoms with Crippen LogP contribution < -0.4 is 5.32 Å². The standard InChI is InChI=1S/C23H25NO/c1-17-10-9-15-21(23(17)25)16-24-22(20-13-7-4-8-14-20)18(2)19-11-5-3-6-12-19/h3-15,18,22,24-25H,16H2,1-2H3. The van der Waals surface area contributed by atoms with Crippen LogP contribution in [0.5, 0.6) is 5.75 Å². The van der Waals surface area contributed by atoms with E-state index in [9.17, 15) is 5.11 Å². The first kappa shape index (κ1) is 17.2. The van der Waals surface area contributed by atoms with Crippen molar-refractivity contribution in [2.75, 3.05) is 0 Å². The molecule has 25 heavy (non-hydrogen) atoms. The van der Waals surface area contributed by atoms with Crippen LogP contribution in [0.2, 0.25) is 0 Å². The first-order valence-electron chi connectivity index (χ1n) is 8.77. The number of phenolic OH excluding ortho intramolecular Hbond substituents is 1. The molecule has 3 aromatic carbocycles. The number of rotatable bonds is 6. The molecule has 0 fully saturated rings. The quantitative estimate of drug-likeness (QED) is 0.639. The monoisotopic (exact) mass is 331 g/mol. The highest BCUT2D eigenvalue weighted by Gasteiger charge is 2.20. The molecule has 0 aliphatic heterocycles. The Kier molecular flexibility index (Phi) is 5.52. The van der Waals surface area contributed by atoms with E-state index >= 15 is 0 Å². The molecule has 0 aliphatic rings. The van der Waals surface area contributed by atoms with Crippen molar-refractivity contribution in [3.63, 3.8) is 0 Å². The molecule has 0 bridgehead atoms. The first-order valence-corrected chi connectivity index (χ1v) is 8.77. The van der Waals surface area contributed by atoms with Gasteiger partial charge in [0.2, 0.25) is 0 Å². The summed E-state index contributed by atoms with van der Waals surface area (Å²) in [7, 11) is 0. The van der Waals surface area contributed by atoms with Crippen LogP contribution in [0.4, 0.5) is 0 Å². The van der Waals surface area contributed by atoms with Crippen LogP contribution in [0.1, 0.15) is 41.1 Å². The lowest BCUT2D eigenvalue weighted by atomic mass is 9.88. The number of benzene rings is 3. The van der Waals surface area contributed by atoms with Crippen molar-refractivity contribution in [2.45, 2.75) is 32.4 Å². The van der Waals surface area contributed by atoms with E-state index in [2.05, 4.69) is 60.8 Å². The maximum absolute atomic E-state index is 10.3. The van der Waals surface area contributed by atoms with Crippen LogP contribution in [0, 0.1) is 6.92 Å². The fourth-order valence-electron chi connectivity index (χ4n) is 3.28. The molecule has 0 aromatic heterocycles. The maximum atomic E-state index is 10.3. The van der Waals surface area contributed by atoms with Crippen molar-refractivity contribution in [3.05, 3.63) is 101 Å². The molecule has 128 valence electrons. The summed E-state index contributed by atoms with van der Waals surface area (Å²) in [4.78, 5) is 0. The molecule has 2 N–H and O–H groups in total. The number of aromatic hydroxyl groups is 1.